The number of hydrogen-bond acceptors (Lipinski definition) is 4. The van der Waals surface area contributed by atoms with Crippen LogP contribution in [-0.2, 0) is 11.2 Å². The Morgan fingerprint density at radius 1 is 1.65 bits per heavy atom. The summed E-state index contributed by atoms with van der Waals surface area (Å²) in [5.41, 5.74) is 0.938. The van der Waals surface area contributed by atoms with Gasteiger partial charge in [0, 0.05) is 26.1 Å². The average Bonchev–Trinajstić information content (AvgIpc) is 2.64. The zero-order chi connectivity index (χ0) is 12.3. The maximum atomic E-state index is 10.7. The van der Waals surface area contributed by atoms with E-state index in [0.717, 1.165) is 36.6 Å². The molecule has 0 aromatic carbocycles. The Kier molecular flexibility index (Phi) is 4.04. The molecule has 1 N–H and O–H groups in total. The third-order valence-electron chi connectivity index (χ3n) is 3.16. The average molecular weight is 254 g/mol. The Bertz CT molecular complexity index is 387. The third-order valence-corrected chi connectivity index (χ3v) is 3.67. The standard InChI is InChI=1S/C11H18N4OS/c1-8(16)12-3-2-10-6-15(14-13-10)11-4-9(5-11)7-17/h6,9,11,17H,2-5,7H2,1H3,(H,12,16). The minimum Gasteiger partial charge on any atom is -0.356 e. The summed E-state index contributed by atoms with van der Waals surface area (Å²) in [5.74, 6) is 1.68. The second-order valence-corrected chi connectivity index (χ2v) is 4.96. The third kappa shape index (κ3) is 3.21. The van der Waals surface area contributed by atoms with Crippen LogP contribution in [0.25, 0.3) is 0 Å². The first-order chi connectivity index (χ1) is 8.19. The van der Waals surface area contributed by atoms with Crippen molar-refractivity contribution >= 4 is 18.5 Å². The fourth-order valence-corrected chi connectivity index (χ4v) is 2.34. The van der Waals surface area contributed by atoms with Crippen molar-refractivity contribution in [3.05, 3.63) is 11.9 Å². The number of rotatable bonds is 5. The van der Waals surface area contributed by atoms with Crippen LogP contribution in [0.3, 0.4) is 0 Å². The predicted molar refractivity (Wildman–Crippen MR) is 68.0 cm³/mol. The first kappa shape index (κ1) is 12.4. The molecule has 0 spiro atoms. The predicted octanol–water partition coefficient (Wildman–Crippen LogP) is 0.838. The van der Waals surface area contributed by atoms with Crippen molar-refractivity contribution in [3.8, 4) is 0 Å². The Balaban J connectivity index is 1.78. The topological polar surface area (TPSA) is 59.8 Å². The first-order valence-corrected chi connectivity index (χ1v) is 6.58. The summed E-state index contributed by atoms with van der Waals surface area (Å²) in [7, 11) is 0. The van der Waals surface area contributed by atoms with Gasteiger partial charge in [-0.05, 0) is 24.5 Å². The van der Waals surface area contributed by atoms with Crippen molar-refractivity contribution in [3.63, 3.8) is 0 Å². The monoisotopic (exact) mass is 254 g/mol. The van der Waals surface area contributed by atoms with E-state index < -0.39 is 0 Å². The number of nitrogens with zero attached hydrogens (tertiary/aromatic N) is 3. The highest BCUT2D eigenvalue weighted by molar-refractivity contribution is 7.80. The van der Waals surface area contributed by atoms with E-state index in [9.17, 15) is 4.79 Å². The minimum atomic E-state index is -0.00648. The molecular weight excluding hydrogens is 236 g/mol. The number of aromatic nitrogens is 3. The van der Waals surface area contributed by atoms with Crippen molar-refractivity contribution in [2.24, 2.45) is 5.92 Å². The second-order valence-electron chi connectivity index (χ2n) is 4.60. The smallest absolute Gasteiger partial charge is 0.216 e. The van der Waals surface area contributed by atoms with E-state index in [1.807, 2.05) is 10.9 Å². The molecule has 5 nitrogen and oxygen atoms in total. The van der Waals surface area contributed by atoms with Gasteiger partial charge in [0.25, 0.3) is 0 Å². The molecule has 0 radical (unpaired) electrons. The molecule has 1 aromatic heterocycles. The molecule has 1 saturated carbocycles. The van der Waals surface area contributed by atoms with Crippen LogP contribution in [0.15, 0.2) is 6.20 Å². The van der Waals surface area contributed by atoms with Gasteiger partial charge in [-0.3, -0.25) is 4.79 Å². The summed E-state index contributed by atoms with van der Waals surface area (Å²) < 4.78 is 1.95. The van der Waals surface area contributed by atoms with E-state index in [1.54, 1.807) is 0 Å². The van der Waals surface area contributed by atoms with Gasteiger partial charge in [0.1, 0.15) is 0 Å². The van der Waals surface area contributed by atoms with Crippen molar-refractivity contribution in [2.75, 3.05) is 12.3 Å². The van der Waals surface area contributed by atoms with Crippen LogP contribution in [0.1, 0.15) is 31.5 Å². The second kappa shape index (κ2) is 5.53. The molecule has 1 aliphatic rings. The van der Waals surface area contributed by atoms with Crippen LogP contribution in [0.5, 0.6) is 0 Å². The van der Waals surface area contributed by atoms with E-state index in [2.05, 4.69) is 28.3 Å². The zero-order valence-corrected chi connectivity index (χ0v) is 10.9. The van der Waals surface area contributed by atoms with E-state index in [0.29, 0.717) is 12.6 Å². The number of hydrogen-bond donors (Lipinski definition) is 2. The number of nitrogens with one attached hydrogen (secondary N) is 1. The molecular formula is C11H18N4OS. The number of carbonyl (C=O) groups excluding carboxylic acids is 1. The highest BCUT2D eigenvalue weighted by atomic mass is 32.1. The largest absolute Gasteiger partial charge is 0.356 e. The summed E-state index contributed by atoms with van der Waals surface area (Å²) in [6.45, 7) is 2.14. The molecule has 0 saturated heterocycles. The maximum absolute atomic E-state index is 10.7. The number of amides is 1. The quantitative estimate of drug-likeness (QED) is 0.765. The fourth-order valence-electron chi connectivity index (χ4n) is 2.04. The van der Waals surface area contributed by atoms with Crippen LogP contribution in [0.2, 0.25) is 0 Å². The lowest BCUT2D eigenvalue weighted by molar-refractivity contribution is -0.118. The van der Waals surface area contributed by atoms with E-state index in [1.165, 1.54) is 6.92 Å². The summed E-state index contributed by atoms with van der Waals surface area (Å²) in [6.07, 6.45) is 5.03. The van der Waals surface area contributed by atoms with Gasteiger partial charge in [0.15, 0.2) is 0 Å². The molecule has 17 heavy (non-hydrogen) atoms. The van der Waals surface area contributed by atoms with Crippen LogP contribution < -0.4 is 5.32 Å². The Morgan fingerprint density at radius 2 is 2.41 bits per heavy atom. The molecule has 0 unspecified atom stereocenters. The van der Waals surface area contributed by atoms with Crippen LogP contribution >= 0.6 is 12.6 Å². The molecule has 0 atom stereocenters. The first-order valence-electron chi connectivity index (χ1n) is 5.95. The van der Waals surface area contributed by atoms with E-state index in [4.69, 9.17) is 0 Å². The molecule has 0 bridgehead atoms. The zero-order valence-electron chi connectivity index (χ0n) is 9.96. The highest BCUT2D eigenvalue weighted by Crippen LogP contribution is 2.37. The van der Waals surface area contributed by atoms with Gasteiger partial charge in [-0.1, -0.05) is 5.21 Å². The van der Waals surface area contributed by atoms with Gasteiger partial charge in [-0.25, -0.2) is 4.68 Å². The summed E-state index contributed by atoms with van der Waals surface area (Å²) in [6, 6.07) is 0.495. The SMILES string of the molecule is CC(=O)NCCc1cn(C2CC(CS)C2)nn1. The van der Waals surface area contributed by atoms with Crippen molar-refractivity contribution in [2.45, 2.75) is 32.2 Å². The lowest BCUT2D eigenvalue weighted by Crippen LogP contribution is -2.28. The van der Waals surface area contributed by atoms with E-state index >= 15 is 0 Å². The molecule has 2 rings (SSSR count). The minimum absolute atomic E-state index is 0.00648. The fraction of sp³-hybridized carbons (Fsp3) is 0.727. The highest BCUT2D eigenvalue weighted by Gasteiger charge is 2.30. The van der Waals surface area contributed by atoms with Crippen LogP contribution in [-0.4, -0.2) is 33.2 Å². The normalized spacial score (nSPS) is 23.2. The van der Waals surface area contributed by atoms with Gasteiger partial charge in [-0.2, -0.15) is 12.6 Å². The molecule has 1 amide bonds. The van der Waals surface area contributed by atoms with Crippen molar-refractivity contribution in [1.82, 2.24) is 20.3 Å². The lowest BCUT2D eigenvalue weighted by atomic mass is 9.82. The van der Waals surface area contributed by atoms with Gasteiger partial charge >= 0.3 is 0 Å². The maximum Gasteiger partial charge on any atom is 0.216 e. The Labute approximate surface area is 106 Å². The molecule has 6 heteroatoms. The summed E-state index contributed by atoms with van der Waals surface area (Å²) in [5, 5.41) is 11.0. The molecule has 1 aliphatic carbocycles. The Morgan fingerprint density at radius 3 is 3.06 bits per heavy atom. The van der Waals surface area contributed by atoms with Crippen molar-refractivity contribution in [1.29, 1.82) is 0 Å². The van der Waals surface area contributed by atoms with Gasteiger partial charge in [0.2, 0.25) is 5.91 Å². The molecule has 1 aromatic rings. The van der Waals surface area contributed by atoms with Crippen LogP contribution in [0, 0.1) is 5.92 Å². The van der Waals surface area contributed by atoms with Gasteiger partial charge < -0.3 is 5.32 Å². The number of carbonyl (C=O) groups is 1. The molecule has 1 fully saturated rings. The van der Waals surface area contributed by atoms with Gasteiger partial charge in [-0.15, -0.1) is 5.10 Å². The van der Waals surface area contributed by atoms with E-state index in [-0.39, 0.29) is 5.91 Å². The number of thiol groups is 1. The summed E-state index contributed by atoms with van der Waals surface area (Å²) >= 11 is 4.28. The summed E-state index contributed by atoms with van der Waals surface area (Å²) in [4.78, 5) is 10.7. The van der Waals surface area contributed by atoms with Gasteiger partial charge in [0.05, 0.1) is 11.7 Å². The molecule has 0 aliphatic heterocycles. The Hall–Kier alpha value is -1.04. The van der Waals surface area contributed by atoms with Crippen molar-refractivity contribution < 1.29 is 4.79 Å². The molecule has 94 valence electrons. The molecule has 1 heterocycles. The lowest BCUT2D eigenvalue weighted by Gasteiger charge is -2.33. The van der Waals surface area contributed by atoms with Crippen LogP contribution in [0.4, 0.5) is 0 Å².